The molecule has 1 aromatic carbocycles. The number of anilines is 2. The van der Waals surface area contributed by atoms with E-state index in [1.807, 2.05) is 12.3 Å². The number of rotatable bonds is 6. The number of benzene rings is 1. The van der Waals surface area contributed by atoms with E-state index in [9.17, 15) is 18.4 Å². The van der Waals surface area contributed by atoms with Crippen molar-refractivity contribution < 1.29 is 23.1 Å². The van der Waals surface area contributed by atoms with Crippen molar-refractivity contribution in [1.29, 1.82) is 5.26 Å². The molecule has 1 aliphatic carbocycles. The lowest BCUT2D eigenvalue weighted by Gasteiger charge is -2.38. The van der Waals surface area contributed by atoms with Crippen LogP contribution in [-0.2, 0) is 17.6 Å². The molecule has 0 radical (unpaired) electrons. The summed E-state index contributed by atoms with van der Waals surface area (Å²) in [5.74, 6) is -2.76. The number of carboxylic acids is 1. The van der Waals surface area contributed by atoms with Crippen LogP contribution >= 0.6 is 22.9 Å². The molecule has 0 amide bonds. The number of aliphatic carboxylic acids is 1. The summed E-state index contributed by atoms with van der Waals surface area (Å²) in [6.07, 6.45) is -0.187. The van der Waals surface area contributed by atoms with E-state index >= 15 is 0 Å². The molecular weight excluding hydrogens is 555 g/mol. The number of nitrogens with two attached hydrogens (primary N) is 1. The van der Waals surface area contributed by atoms with E-state index in [2.05, 4.69) is 42.9 Å². The number of nitriles is 1. The van der Waals surface area contributed by atoms with Crippen molar-refractivity contribution in [2.45, 2.75) is 31.5 Å². The third kappa shape index (κ3) is 7.13. The summed E-state index contributed by atoms with van der Waals surface area (Å²) in [5, 5.41) is 19.1. The van der Waals surface area contributed by atoms with E-state index in [1.165, 1.54) is 4.88 Å². The number of nitrogen functional groups attached to an aromatic ring is 1. The summed E-state index contributed by atoms with van der Waals surface area (Å²) in [7, 11) is 0. The molecule has 39 heavy (non-hydrogen) atoms. The molecular formula is C25H29ClF3N7O2S. The smallest absolute Gasteiger partial charge is 0.475 e. The van der Waals surface area contributed by atoms with Gasteiger partial charge in [0.15, 0.2) is 5.13 Å². The zero-order valence-electron chi connectivity index (χ0n) is 21.0. The van der Waals surface area contributed by atoms with Crippen LogP contribution in [0, 0.1) is 11.3 Å². The van der Waals surface area contributed by atoms with E-state index in [1.54, 1.807) is 11.3 Å². The second-order valence-electron chi connectivity index (χ2n) is 9.42. The fraction of sp³-hybridized carbons (Fsp3) is 0.480. The Hall–Kier alpha value is -3.05. The number of aromatic nitrogens is 2. The molecule has 2 aromatic heterocycles. The van der Waals surface area contributed by atoms with Crippen LogP contribution in [0.4, 0.5) is 24.0 Å². The van der Waals surface area contributed by atoms with Gasteiger partial charge in [0.2, 0.25) is 0 Å². The van der Waals surface area contributed by atoms with Crippen molar-refractivity contribution in [3.63, 3.8) is 0 Å². The summed E-state index contributed by atoms with van der Waals surface area (Å²) in [4.78, 5) is 25.1. The number of nitrogens with one attached hydrogen (secondary N) is 1. The van der Waals surface area contributed by atoms with Crippen LogP contribution in [0.1, 0.15) is 17.0 Å². The van der Waals surface area contributed by atoms with Crippen LogP contribution in [-0.4, -0.2) is 88.9 Å². The van der Waals surface area contributed by atoms with Gasteiger partial charge in [-0.1, -0.05) is 17.7 Å². The van der Waals surface area contributed by atoms with Gasteiger partial charge in [-0.3, -0.25) is 9.80 Å². The molecule has 5 rings (SSSR count). The standard InChI is InChI=1S/C23H28ClN7S.C2HF3O2/c24-21-19(4-1-16-5-7-27-22(16)21)31-13-10-29(11-14-31)9-12-30(8-6-25)17-2-3-18-20(15-17)32-23(26)28-18;3-2(4,5)1(6)7/h1,4-5,7,17,27H,2-3,8-15H2,(H2,26,28);(H,6,7)/t17-;/m0./s1. The number of thiazole rings is 1. The molecule has 14 heteroatoms. The SMILES string of the molecule is N#CCN(CCN1CCN(c2ccc3cc[nH]c3c2Cl)CC1)[C@H]1CCc2nc(N)sc2C1.O=C(O)C(F)(F)F. The van der Waals surface area contributed by atoms with Crippen molar-refractivity contribution in [2.24, 2.45) is 0 Å². The molecule has 0 bridgehead atoms. The molecule has 9 nitrogen and oxygen atoms in total. The Labute approximate surface area is 232 Å². The van der Waals surface area contributed by atoms with Crippen LogP contribution < -0.4 is 10.6 Å². The summed E-state index contributed by atoms with van der Waals surface area (Å²) >= 11 is 8.28. The largest absolute Gasteiger partial charge is 0.490 e. The van der Waals surface area contributed by atoms with Gasteiger partial charge in [0, 0.05) is 61.8 Å². The van der Waals surface area contributed by atoms with Crippen molar-refractivity contribution in [3.8, 4) is 6.07 Å². The number of carboxylic acid groups (broad SMARTS) is 1. The predicted molar refractivity (Wildman–Crippen MR) is 145 cm³/mol. The third-order valence-corrected chi connectivity index (χ3v) is 8.36. The van der Waals surface area contributed by atoms with Crippen molar-refractivity contribution in [2.75, 3.05) is 56.4 Å². The zero-order valence-corrected chi connectivity index (χ0v) is 22.6. The lowest BCUT2D eigenvalue weighted by molar-refractivity contribution is -0.192. The first-order valence-corrected chi connectivity index (χ1v) is 13.6. The van der Waals surface area contributed by atoms with Gasteiger partial charge >= 0.3 is 12.1 Å². The molecule has 4 N–H and O–H groups in total. The molecule has 0 spiro atoms. The van der Waals surface area contributed by atoms with Crippen molar-refractivity contribution in [1.82, 2.24) is 19.8 Å². The highest BCUT2D eigenvalue weighted by atomic mass is 35.5. The highest BCUT2D eigenvalue weighted by Crippen LogP contribution is 2.33. The summed E-state index contributed by atoms with van der Waals surface area (Å²) < 4.78 is 31.7. The van der Waals surface area contributed by atoms with Crippen LogP contribution in [0.5, 0.6) is 0 Å². The fourth-order valence-electron chi connectivity index (χ4n) is 4.98. The number of aryl methyl sites for hydroxylation is 1. The highest BCUT2D eigenvalue weighted by molar-refractivity contribution is 7.15. The Morgan fingerprint density at radius 2 is 2.03 bits per heavy atom. The number of fused-ring (bicyclic) bond motifs is 2. The molecule has 1 atom stereocenters. The molecule has 210 valence electrons. The van der Waals surface area contributed by atoms with Crippen LogP contribution in [0.2, 0.25) is 5.02 Å². The first kappa shape index (κ1) is 28.9. The average Bonchev–Trinajstić information content (AvgIpc) is 3.53. The molecule has 1 aliphatic heterocycles. The van der Waals surface area contributed by atoms with Gasteiger partial charge in [-0.2, -0.15) is 18.4 Å². The molecule has 3 aromatic rings. The predicted octanol–water partition coefficient (Wildman–Crippen LogP) is 4.00. The van der Waals surface area contributed by atoms with Crippen LogP contribution in [0.15, 0.2) is 24.4 Å². The number of hydrogen-bond donors (Lipinski definition) is 3. The summed E-state index contributed by atoms with van der Waals surface area (Å²) in [5.41, 5.74) is 9.18. The number of alkyl halides is 3. The number of piperazine rings is 1. The number of H-pyrrole nitrogens is 1. The van der Waals surface area contributed by atoms with Gasteiger partial charge in [0.05, 0.1) is 34.5 Å². The fourth-order valence-corrected chi connectivity index (χ4v) is 6.27. The quantitative estimate of drug-likeness (QED) is 0.372. The van der Waals surface area contributed by atoms with E-state index in [4.69, 9.17) is 27.2 Å². The molecule has 3 heterocycles. The van der Waals surface area contributed by atoms with Gasteiger partial charge in [-0.15, -0.1) is 11.3 Å². The number of halogens is 4. The molecule has 1 saturated heterocycles. The Morgan fingerprint density at radius 1 is 1.31 bits per heavy atom. The lowest BCUT2D eigenvalue weighted by Crippen LogP contribution is -2.50. The van der Waals surface area contributed by atoms with Gasteiger partial charge in [-0.25, -0.2) is 9.78 Å². The topological polar surface area (TPSA) is 126 Å². The highest BCUT2D eigenvalue weighted by Gasteiger charge is 2.38. The van der Waals surface area contributed by atoms with Crippen molar-refractivity contribution >= 4 is 50.6 Å². The maximum Gasteiger partial charge on any atom is 0.490 e. The minimum absolute atomic E-state index is 0.398. The van der Waals surface area contributed by atoms with Gasteiger partial charge in [-0.05, 0) is 31.4 Å². The van der Waals surface area contributed by atoms with E-state index in [0.29, 0.717) is 17.7 Å². The molecule has 0 unspecified atom stereocenters. The summed E-state index contributed by atoms with van der Waals surface area (Å²) in [6, 6.07) is 9.08. The van der Waals surface area contributed by atoms with Crippen molar-refractivity contribution in [3.05, 3.63) is 40.0 Å². The Morgan fingerprint density at radius 3 is 2.69 bits per heavy atom. The van der Waals surface area contributed by atoms with E-state index < -0.39 is 12.1 Å². The number of aromatic amines is 1. The Bertz CT molecular complexity index is 1330. The number of hydrogen-bond acceptors (Lipinski definition) is 8. The molecule has 1 fully saturated rings. The zero-order chi connectivity index (χ0) is 28.2. The van der Waals surface area contributed by atoms with E-state index in [0.717, 1.165) is 85.8 Å². The van der Waals surface area contributed by atoms with Gasteiger partial charge < -0.3 is 20.7 Å². The molecule has 0 saturated carbocycles. The third-order valence-electron chi connectivity index (χ3n) is 7.02. The second-order valence-corrected chi connectivity index (χ2v) is 10.9. The minimum atomic E-state index is -5.08. The summed E-state index contributed by atoms with van der Waals surface area (Å²) in [6.45, 7) is 6.28. The number of nitrogens with zero attached hydrogens (tertiary/aromatic N) is 5. The monoisotopic (exact) mass is 583 g/mol. The second kappa shape index (κ2) is 12.4. The first-order valence-electron chi connectivity index (χ1n) is 12.4. The maximum absolute atomic E-state index is 10.6. The maximum atomic E-state index is 10.6. The van der Waals surface area contributed by atoms with Crippen LogP contribution in [0.25, 0.3) is 10.9 Å². The Kier molecular flexibility index (Phi) is 9.22. The average molecular weight is 584 g/mol. The number of carbonyl (C=O) groups is 1. The van der Waals surface area contributed by atoms with Gasteiger partial charge in [0.25, 0.3) is 0 Å². The van der Waals surface area contributed by atoms with Gasteiger partial charge in [0.1, 0.15) is 0 Å². The lowest BCUT2D eigenvalue weighted by atomic mass is 9.96. The van der Waals surface area contributed by atoms with Crippen LogP contribution in [0.3, 0.4) is 0 Å². The normalized spacial score (nSPS) is 17.9. The molecule has 2 aliphatic rings. The Balaban J connectivity index is 0.000000448. The van der Waals surface area contributed by atoms with E-state index in [-0.39, 0.29) is 0 Å². The first-order chi connectivity index (χ1) is 18.6. The minimum Gasteiger partial charge on any atom is -0.475 e.